The van der Waals surface area contributed by atoms with Crippen LogP contribution >= 0.6 is 0 Å². The van der Waals surface area contributed by atoms with Crippen molar-refractivity contribution < 1.29 is 17.5 Å². The van der Waals surface area contributed by atoms with Crippen LogP contribution in [0.25, 0.3) is 0 Å². The summed E-state index contributed by atoms with van der Waals surface area (Å²) in [5.41, 5.74) is 0. The molecule has 0 radical (unpaired) electrons. The van der Waals surface area contributed by atoms with Gasteiger partial charge in [0.25, 0.3) is 0 Å². The first kappa shape index (κ1) is 23.1. The van der Waals surface area contributed by atoms with E-state index in [1.807, 2.05) is 0 Å². The Morgan fingerprint density at radius 2 is 1.00 bits per heavy atom. The third-order valence-corrected chi connectivity index (χ3v) is 0. The molecule has 5 N–H and O–H groups in total. The SMILES string of the molecule is N.O=S(=O)(O)O.[Al+3].[Al+3]. The molecular formula is H5Al2NO4S+6. The van der Waals surface area contributed by atoms with Gasteiger partial charge in [-0.3, -0.25) is 9.11 Å². The van der Waals surface area contributed by atoms with E-state index < -0.39 is 10.4 Å². The van der Waals surface area contributed by atoms with Gasteiger partial charge in [0, 0.05) is 0 Å². The van der Waals surface area contributed by atoms with Crippen LogP contribution < -0.4 is 6.15 Å². The van der Waals surface area contributed by atoms with Crippen LogP contribution in [0.2, 0.25) is 0 Å². The van der Waals surface area contributed by atoms with E-state index in [1.54, 1.807) is 0 Å². The van der Waals surface area contributed by atoms with E-state index in [9.17, 15) is 0 Å². The van der Waals surface area contributed by atoms with Gasteiger partial charge in [0.15, 0.2) is 0 Å². The Labute approximate surface area is 68.9 Å². The van der Waals surface area contributed by atoms with Crippen LogP contribution in [0.15, 0.2) is 0 Å². The molecule has 0 aliphatic rings. The van der Waals surface area contributed by atoms with Crippen LogP contribution in [0.5, 0.6) is 0 Å². The predicted molar refractivity (Wildman–Crippen MR) is 30.7 cm³/mol. The molecule has 0 heterocycles. The molecule has 0 amide bonds. The van der Waals surface area contributed by atoms with Gasteiger partial charge in [0.05, 0.1) is 0 Å². The summed E-state index contributed by atoms with van der Waals surface area (Å²) < 4.78 is 31.6. The van der Waals surface area contributed by atoms with Crippen molar-refractivity contribution in [2.45, 2.75) is 0 Å². The minimum Gasteiger partial charge on any atom is -0.344 e. The van der Waals surface area contributed by atoms with E-state index in [1.165, 1.54) is 0 Å². The van der Waals surface area contributed by atoms with Crippen LogP contribution in [-0.2, 0) is 10.4 Å². The van der Waals surface area contributed by atoms with Crippen molar-refractivity contribution in [3.63, 3.8) is 0 Å². The molecule has 0 fully saturated rings. The van der Waals surface area contributed by atoms with Gasteiger partial charge in [0.1, 0.15) is 0 Å². The monoisotopic (exact) mass is 169 g/mol. The molecular weight excluding hydrogens is 164 g/mol. The molecule has 0 aromatic carbocycles. The Bertz CT molecular complexity index is 97.2. The average Bonchev–Trinajstić information content (AvgIpc) is 0.722. The van der Waals surface area contributed by atoms with Gasteiger partial charge in [-0.05, 0) is 0 Å². The Morgan fingerprint density at radius 3 is 1.00 bits per heavy atom. The minimum absolute atomic E-state index is 0. The zero-order chi connectivity index (χ0) is 4.50. The Morgan fingerprint density at radius 1 is 1.00 bits per heavy atom. The average molecular weight is 169 g/mol. The fraction of sp³-hybridized carbons (Fsp3) is 0. The molecule has 0 aromatic heterocycles. The number of rotatable bonds is 0. The molecule has 0 unspecified atom stereocenters. The normalized spacial score (nSPS) is 7.25. The molecule has 0 saturated heterocycles. The minimum atomic E-state index is -4.67. The van der Waals surface area contributed by atoms with E-state index in [0.717, 1.165) is 0 Å². The summed E-state index contributed by atoms with van der Waals surface area (Å²) in [5, 5.41) is 0. The maximum Gasteiger partial charge on any atom is 3.00 e. The van der Waals surface area contributed by atoms with Crippen molar-refractivity contribution in [3.8, 4) is 0 Å². The summed E-state index contributed by atoms with van der Waals surface area (Å²) >= 11 is 0. The van der Waals surface area contributed by atoms with E-state index in [4.69, 9.17) is 17.5 Å². The second kappa shape index (κ2) is 7.89. The summed E-state index contributed by atoms with van der Waals surface area (Å²) in [5.74, 6) is 0. The van der Waals surface area contributed by atoms with Gasteiger partial charge < -0.3 is 6.15 Å². The Balaban J connectivity index is -0.0000000267. The summed E-state index contributed by atoms with van der Waals surface area (Å²) in [6, 6.07) is 0. The molecule has 8 heavy (non-hydrogen) atoms. The molecule has 0 aliphatic carbocycles. The number of hydrogen-bond donors (Lipinski definition) is 3. The van der Waals surface area contributed by atoms with Crippen molar-refractivity contribution in [1.82, 2.24) is 6.15 Å². The molecule has 0 spiro atoms. The molecule has 0 rings (SSSR count). The third-order valence-electron chi connectivity index (χ3n) is 0. The topological polar surface area (TPSA) is 110 Å². The van der Waals surface area contributed by atoms with Crippen LogP contribution in [0.1, 0.15) is 0 Å². The largest absolute Gasteiger partial charge is 3.00 e. The van der Waals surface area contributed by atoms with Gasteiger partial charge in [-0.25, -0.2) is 0 Å². The first-order valence-electron chi connectivity index (χ1n) is 0.698. The van der Waals surface area contributed by atoms with E-state index in [2.05, 4.69) is 0 Å². The van der Waals surface area contributed by atoms with Crippen molar-refractivity contribution in [2.24, 2.45) is 0 Å². The summed E-state index contributed by atoms with van der Waals surface area (Å²) in [4.78, 5) is 0. The second-order valence-electron chi connectivity index (χ2n) is 0.448. The van der Waals surface area contributed by atoms with Gasteiger partial charge in [-0.15, -0.1) is 0 Å². The molecule has 0 aliphatic heterocycles. The molecule has 0 atom stereocenters. The van der Waals surface area contributed by atoms with Gasteiger partial charge in [-0.1, -0.05) is 0 Å². The standard InChI is InChI=1S/2Al.H3N.H2O4S/c;;;1-5(2,3)4/h;;1H3;(H2,1,2,3,4)/q2*+3;;. The van der Waals surface area contributed by atoms with Gasteiger partial charge in [-0.2, -0.15) is 8.42 Å². The fourth-order valence-electron chi connectivity index (χ4n) is 0. The third kappa shape index (κ3) is 299. The maximum absolute atomic E-state index is 8.74. The van der Waals surface area contributed by atoms with Crippen LogP contribution in [0.4, 0.5) is 0 Å². The Kier molecular flexibility index (Phi) is 22.8. The zero-order valence-electron chi connectivity index (χ0n) is 3.98. The first-order valence-corrected chi connectivity index (χ1v) is 2.10. The molecule has 5 nitrogen and oxygen atoms in total. The molecule has 0 bridgehead atoms. The smallest absolute Gasteiger partial charge is 0.344 e. The van der Waals surface area contributed by atoms with Crippen molar-refractivity contribution >= 4 is 45.1 Å². The summed E-state index contributed by atoms with van der Waals surface area (Å²) in [6.45, 7) is 0. The van der Waals surface area contributed by atoms with Crippen LogP contribution in [-0.4, -0.2) is 52.2 Å². The van der Waals surface area contributed by atoms with Gasteiger partial charge in [0.2, 0.25) is 0 Å². The maximum atomic E-state index is 8.74. The van der Waals surface area contributed by atoms with E-state index in [0.29, 0.717) is 0 Å². The molecule has 40 valence electrons. The summed E-state index contributed by atoms with van der Waals surface area (Å²) in [7, 11) is -4.67. The second-order valence-corrected chi connectivity index (χ2v) is 1.34. The van der Waals surface area contributed by atoms with Gasteiger partial charge >= 0.3 is 45.1 Å². The van der Waals surface area contributed by atoms with Crippen molar-refractivity contribution in [2.75, 3.05) is 0 Å². The molecule has 0 aromatic rings. The molecule has 8 heteroatoms. The predicted octanol–water partition coefficient (Wildman–Crippen LogP) is -1.25. The summed E-state index contributed by atoms with van der Waals surface area (Å²) in [6.07, 6.45) is 0. The van der Waals surface area contributed by atoms with E-state index in [-0.39, 0.29) is 40.9 Å². The van der Waals surface area contributed by atoms with E-state index >= 15 is 0 Å². The first-order chi connectivity index (χ1) is 2.00. The molecule has 0 saturated carbocycles. The fourth-order valence-corrected chi connectivity index (χ4v) is 0. The van der Waals surface area contributed by atoms with Crippen molar-refractivity contribution in [3.05, 3.63) is 0 Å². The quantitative estimate of drug-likeness (QED) is 0.310. The van der Waals surface area contributed by atoms with Crippen molar-refractivity contribution in [1.29, 1.82) is 0 Å². The number of hydrogen-bond acceptors (Lipinski definition) is 3. The van der Waals surface area contributed by atoms with Crippen LogP contribution in [0, 0.1) is 0 Å². The Hall–Kier alpha value is 0.895. The van der Waals surface area contributed by atoms with Crippen LogP contribution in [0.3, 0.4) is 0 Å². The zero-order valence-corrected chi connectivity index (χ0v) is 7.11.